The molecule has 30 heavy (non-hydrogen) atoms. The summed E-state index contributed by atoms with van der Waals surface area (Å²) < 4.78 is 4.27. The lowest BCUT2D eigenvalue weighted by Gasteiger charge is -2.12. The Balaban J connectivity index is 1.70. The summed E-state index contributed by atoms with van der Waals surface area (Å²) >= 11 is 1.29. The van der Waals surface area contributed by atoms with Gasteiger partial charge in [0.25, 0.3) is 5.56 Å². The number of nitrogens with one attached hydrogen (secondary N) is 1. The summed E-state index contributed by atoms with van der Waals surface area (Å²) in [6.07, 6.45) is 4.37. The van der Waals surface area contributed by atoms with Gasteiger partial charge in [-0.05, 0) is 18.4 Å². The fraction of sp³-hybridized carbons (Fsp3) is 0.429. The second-order valence-electron chi connectivity index (χ2n) is 7.68. The molecule has 2 heterocycles. The van der Waals surface area contributed by atoms with Gasteiger partial charge < -0.3 is 9.88 Å². The first kappa shape index (κ1) is 20.5. The lowest BCUT2D eigenvalue weighted by molar-refractivity contribution is -0.119. The highest BCUT2D eigenvalue weighted by Gasteiger charge is 2.21. The Morgan fingerprint density at radius 1 is 1.13 bits per heavy atom. The zero-order valence-corrected chi connectivity index (χ0v) is 17.9. The minimum Gasteiger partial charge on any atom is -0.353 e. The molecule has 0 spiro atoms. The van der Waals surface area contributed by atoms with Crippen LogP contribution in [-0.4, -0.2) is 36.4 Å². The number of thioether (sulfide) groups is 1. The van der Waals surface area contributed by atoms with Crippen molar-refractivity contribution >= 4 is 28.8 Å². The molecule has 1 amide bonds. The van der Waals surface area contributed by atoms with Gasteiger partial charge in [0.2, 0.25) is 5.91 Å². The molecule has 158 valence electrons. The highest BCUT2D eigenvalue weighted by molar-refractivity contribution is 7.99. The summed E-state index contributed by atoms with van der Waals surface area (Å²) in [5.74, 6) is 0.176. The Bertz CT molecular complexity index is 1190. The molecule has 0 saturated heterocycles. The van der Waals surface area contributed by atoms with E-state index in [-0.39, 0.29) is 17.7 Å². The molecule has 1 N–H and O–H groups in total. The number of fused-ring (bicyclic) bond motifs is 1. The molecule has 3 aromatic rings. The maximum Gasteiger partial charge on any atom is 0.332 e. The Morgan fingerprint density at radius 2 is 1.83 bits per heavy atom. The van der Waals surface area contributed by atoms with Crippen molar-refractivity contribution in [2.75, 3.05) is 5.75 Å². The van der Waals surface area contributed by atoms with Gasteiger partial charge in [-0.3, -0.25) is 18.7 Å². The number of hydrogen-bond donors (Lipinski definition) is 1. The number of aryl methyl sites for hydroxylation is 1. The van der Waals surface area contributed by atoms with Gasteiger partial charge in [-0.2, -0.15) is 0 Å². The maximum atomic E-state index is 12.9. The molecule has 4 rings (SSSR count). The molecule has 1 fully saturated rings. The molecule has 1 aliphatic carbocycles. The number of hydrogen-bond acceptors (Lipinski definition) is 5. The van der Waals surface area contributed by atoms with Crippen molar-refractivity contribution in [1.29, 1.82) is 0 Å². The maximum absolute atomic E-state index is 12.9. The van der Waals surface area contributed by atoms with E-state index in [0.717, 1.165) is 35.8 Å². The number of amides is 1. The Kier molecular flexibility index (Phi) is 5.80. The van der Waals surface area contributed by atoms with E-state index in [1.165, 1.54) is 23.4 Å². The van der Waals surface area contributed by atoms with Crippen molar-refractivity contribution < 1.29 is 4.79 Å². The highest BCUT2D eigenvalue weighted by Crippen LogP contribution is 2.23. The van der Waals surface area contributed by atoms with E-state index in [2.05, 4.69) is 10.3 Å². The topological polar surface area (TPSA) is 90.9 Å². The van der Waals surface area contributed by atoms with E-state index in [0.29, 0.717) is 22.9 Å². The lowest BCUT2D eigenvalue weighted by Crippen LogP contribution is -2.37. The van der Waals surface area contributed by atoms with Crippen molar-refractivity contribution in [1.82, 2.24) is 24.0 Å². The van der Waals surface area contributed by atoms with Gasteiger partial charge in [0.15, 0.2) is 16.3 Å². The monoisotopic (exact) mass is 427 g/mol. The fourth-order valence-electron chi connectivity index (χ4n) is 3.92. The van der Waals surface area contributed by atoms with Crippen LogP contribution >= 0.6 is 11.8 Å². The average Bonchev–Trinajstić information content (AvgIpc) is 3.38. The van der Waals surface area contributed by atoms with Crippen LogP contribution in [0, 0.1) is 0 Å². The van der Waals surface area contributed by atoms with Crippen LogP contribution in [0.1, 0.15) is 31.2 Å². The van der Waals surface area contributed by atoms with Gasteiger partial charge in [0.1, 0.15) is 0 Å². The summed E-state index contributed by atoms with van der Waals surface area (Å²) in [5, 5.41) is 3.62. The Labute approximate surface area is 177 Å². The third-order valence-corrected chi connectivity index (χ3v) is 6.53. The third-order valence-electron chi connectivity index (χ3n) is 5.55. The van der Waals surface area contributed by atoms with Crippen LogP contribution in [0.5, 0.6) is 0 Å². The van der Waals surface area contributed by atoms with Crippen LogP contribution in [0.15, 0.2) is 45.1 Å². The summed E-state index contributed by atoms with van der Waals surface area (Å²) in [7, 11) is 3.07. The molecule has 2 aromatic heterocycles. The summed E-state index contributed by atoms with van der Waals surface area (Å²) in [4.78, 5) is 42.2. The number of nitrogens with zero attached hydrogens (tertiary/aromatic N) is 4. The summed E-state index contributed by atoms with van der Waals surface area (Å²) in [6, 6.07) is 10.0. The number of carbonyl (C=O) groups is 1. The van der Waals surface area contributed by atoms with Crippen LogP contribution in [0.4, 0.5) is 0 Å². The second kappa shape index (κ2) is 8.51. The number of imidazole rings is 1. The minimum absolute atomic E-state index is 0.0352. The number of rotatable bonds is 6. The predicted molar refractivity (Wildman–Crippen MR) is 117 cm³/mol. The van der Waals surface area contributed by atoms with Gasteiger partial charge in [0.05, 0.1) is 12.3 Å². The number of benzene rings is 1. The van der Waals surface area contributed by atoms with E-state index < -0.39 is 11.2 Å². The van der Waals surface area contributed by atoms with Crippen LogP contribution in [-0.2, 0) is 25.4 Å². The summed E-state index contributed by atoms with van der Waals surface area (Å²) in [5.41, 5.74) is 0.885. The molecule has 1 aromatic carbocycles. The van der Waals surface area contributed by atoms with Crippen molar-refractivity contribution in [3.8, 4) is 0 Å². The molecule has 0 bridgehead atoms. The molecular formula is C21H25N5O3S. The molecule has 0 unspecified atom stereocenters. The molecule has 1 saturated carbocycles. The quantitative estimate of drug-likeness (QED) is 0.604. The van der Waals surface area contributed by atoms with Gasteiger partial charge >= 0.3 is 5.69 Å². The molecule has 0 radical (unpaired) electrons. The normalized spacial score (nSPS) is 14.5. The molecule has 8 nitrogen and oxygen atoms in total. The fourth-order valence-corrected chi connectivity index (χ4v) is 4.73. The first-order valence-corrected chi connectivity index (χ1v) is 11.1. The standard InChI is InChI=1S/C21H25N5O3S/c1-24-18-17(19(28)25(2)21(24)29)26(12-14-8-4-3-5-9-14)20(23-18)30-13-16(27)22-15-10-6-7-11-15/h3-5,8-9,15H,6-7,10-13H2,1-2H3,(H,22,27). The zero-order valence-electron chi connectivity index (χ0n) is 17.1. The van der Waals surface area contributed by atoms with Gasteiger partial charge in [-0.15, -0.1) is 0 Å². The molecule has 0 aliphatic heterocycles. The number of aromatic nitrogens is 4. The highest BCUT2D eigenvalue weighted by atomic mass is 32.2. The second-order valence-corrected chi connectivity index (χ2v) is 8.62. The zero-order chi connectivity index (χ0) is 21.3. The van der Waals surface area contributed by atoms with Gasteiger partial charge in [-0.25, -0.2) is 9.78 Å². The van der Waals surface area contributed by atoms with E-state index in [4.69, 9.17) is 0 Å². The largest absolute Gasteiger partial charge is 0.353 e. The van der Waals surface area contributed by atoms with E-state index in [1.807, 2.05) is 30.3 Å². The molecule has 1 aliphatic rings. The first-order chi connectivity index (χ1) is 14.5. The third kappa shape index (κ3) is 3.94. The predicted octanol–water partition coefficient (Wildman–Crippen LogP) is 1.63. The van der Waals surface area contributed by atoms with Crippen LogP contribution in [0.2, 0.25) is 0 Å². The summed E-state index contributed by atoms with van der Waals surface area (Å²) in [6.45, 7) is 0.428. The van der Waals surface area contributed by atoms with Crippen LogP contribution in [0.25, 0.3) is 11.2 Å². The molecule has 9 heteroatoms. The van der Waals surface area contributed by atoms with Crippen molar-refractivity contribution in [3.63, 3.8) is 0 Å². The van der Waals surface area contributed by atoms with E-state index in [9.17, 15) is 14.4 Å². The minimum atomic E-state index is -0.424. The molecule has 0 atom stereocenters. The Hall–Kier alpha value is -2.81. The van der Waals surface area contributed by atoms with Crippen molar-refractivity contribution in [2.24, 2.45) is 14.1 Å². The first-order valence-electron chi connectivity index (χ1n) is 10.1. The van der Waals surface area contributed by atoms with Gasteiger partial charge in [0, 0.05) is 20.1 Å². The smallest absolute Gasteiger partial charge is 0.332 e. The average molecular weight is 428 g/mol. The molecular weight excluding hydrogens is 402 g/mol. The van der Waals surface area contributed by atoms with Crippen LogP contribution < -0.4 is 16.6 Å². The SMILES string of the molecule is Cn1c(=O)c2c(nc(SCC(=O)NC3CCCC3)n2Cc2ccccc2)n(C)c1=O. The van der Waals surface area contributed by atoms with Gasteiger partial charge in [-0.1, -0.05) is 54.9 Å². The van der Waals surface area contributed by atoms with Crippen molar-refractivity contribution in [3.05, 3.63) is 56.7 Å². The Morgan fingerprint density at radius 3 is 2.53 bits per heavy atom. The van der Waals surface area contributed by atoms with E-state index in [1.54, 1.807) is 11.6 Å². The lowest BCUT2D eigenvalue weighted by atomic mass is 10.2. The van der Waals surface area contributed by atoms with Crippen LogP contribution in [0.3, 0.4) is 0 Å². The van der Waals surface area contributed by atoms with E-state index >= 15 is 0 Å². The number of carbonyl (C=O) groups excluding carboxylic acids is 1. The van der Waals surface area contributed by atoms with Crippen molar-refractivity contribution in [2.45, 2.75) is 43.4 Å².